The van der Waals surface area contributed by atoms with Crippen LogP contribution in [-0.2, 0) is 0 Å². The summed E-state index contributed by atoms with van der Waals surface area (Å²) in [5.74, 6) is 0.604. The van der Waals surface area contributed by atoms with Crippen LogP contribution in [0.1, 0.15) is 13.3 Å². The Bertz CT molecular complexity index is 149. The first-order valence-electron chi connectivity index (χ1n) is 3.16. The zero-order chi connectivity index (χ0) is 6.69. The number of hydrogen-bond donors (Lipinski definition) is 0. The van der Waals surface area contributed by atoms with Gasteiger partial charge in [-0.1, -0.05) is 6.92 Å². The standard InChI is InChI=1S/C7H11NS/c1-3-6-4-7(9-2)8-5-6/h4-6H,3H2,1-2H3. The molecule has 1 unspecified atom stereocenters. The lowest BCUT2D eigenvalue weighted by Crippen LogP contribution is -1.88. The van der Waals surface area contributed by atoms with Crippen LogP contribution in [0, 0.1) is 5.92 Å². The molecule has 1 aliphatic heterocycles. The lowest BCUT2D eigenvalue weighted by Gasteiger charge is -1.92. The van der Waals surface area contributed by atoms with Crippen molar-refractivity contribution < 1.29 is 0 Å². The number of rotatable bonds is 2. The van der Waals surface area contributed by atoms with Crippen molar-refractivity contribution in [3.8, 4) is 0 Å². The van der Waals surface area contributed by atoms with Gasteiger partial charge in [0.15, 0.2) is 0 Å². The van der Waals surface area contributed by atoms with Crippen molar-refractivity contribution >= 4 is 18.0 Å². The van der Waals surface area contributed by atoms with E-state index >= 15 is 0 Å². The van der Waals surface area contributed by atoms with Crippen molar-refractivity contribution in [3.63, 3.8) is 0 Å². The molecule has 0 saturated carbocycles. The smallest absolute Gasteiger partial charge is 0.0920 e. The Kier molecular flexibility index (Phi) is 2.34. The van der Waals surface area contributed by atoms with Gasteiger partial charge in [0, 0.05) is 12.1 Å². The summed E-state index contributed by atoms with van der Waals surface area (Å²) >= 11 is 1.71. The van der Waals surface area contributed by atoms with Crippen LogP contribution in [0.25, 0.3) is 0 Å². The molecule has 0 aliphatic carbocycles. The average Bonchev–Trinajstić information content (AvgIpc) is 2.34. The molecule has 2 heteroatoms. The molecule has 0 aromatic carbocycles. The number of hydrogen-bond acceptors (Lipinski definition) is 2. The van der Waals surface area contributed by atoms with Crippen LogP contribution < -0.4 is 0 Å². The molecule has 0 aromatic rings. The van der Waals surface area contributed by atoms with Gasteiger partial charge in [-0.05, 0) is 18.8 Å². The molecular weight excluding hydrogens is 130 g/mol. The predicted molar refractivity (Wildman–Crippen MR) is 43.9 cm³/mol. The van der Waals surface area contributed by atoms with E-state index in [-0.39, 0.29) is 0 Å². The monoisotopic (exact) mass is 141 g/mol. The first kappa shape index (κ1) is 6.87. The quantitative estimate of drug-likeness (QED) is 0.574. The SMILES string of the molecule is CCC1C=NC(SC)=C1. The van der Waals surface area contributed by atoms with Gasteiger partial charge < -0.3 is 0 Å². The highest BCUT2D eigenvalue weighted by molar-refractivity contribution is 8.02. The molecule has 1 nitrogen and oxygen atoms in total. The van der Waals surface area contributed by atoms with Gasteiger partial charge in [0.25, 0.3) is 0 Å². The van der Waals surface area contributed by atoms with Gasteiger partial charge >= 0.3 is 0 Å². The van der Waals surface area contributed by atoms with Crippen molar-refractivity contribution in [2.24, 2.45) is 10.9 Å². The second-order valence-corrected chi connectivity index (χ2v) is 2.89. The first-order chi connectivity index (χ1) is 4.36. The summed E-state index contributed by atoms with van der Waals surface area (Å²) in [6.07, 6.45) is 7.46. The molecule has 9 heavy (non-hydrogen) atoms. The van der Waals surface area contributed by atoms with Gasteiger partial charge in [0.1, 0.15) is 0 Å². The fraction of sp³-hybridized carbons (Fsp3) is 0.571. The molecule has 0 radical (unpaired) electrons. The number of nitrogens with zero attached hydrogens (tertiary/aromatic N) is 1. The minimum atomic E-state index is 0.604. The van der Waals surface area contributed by atoms with E-state index in [9.17, 15) is 0 Å². The zero-order valence-electron chi connectivity index (χ0n) is 5.79. The second-order valence-electron chi connectivity index (χ2n) is 2.06. The normalized spacial score (nSPS) is 24.7. The number of aliphatic imine (C=N–C) groups is 1. The minimum Gasteiger partial charge on any atom is -0.254 e. The molecule has 1 atom stereocenters. The van der Waals surface area contributed by atoms with E-state index in [1.54, 1.807) is 11.8 Å². The predicted octanol–water partition coefficient (Wildman–Crippen LogP) is 2.30. The van der Waals surface area contributed by atoms with E-state index in [2.05, 4.69) is 24.2 Å². The van der Waals surface area contributed by atoms with Crippen LogP contribution in [0.5, 0.6) is 0 Å². The Morgan fingerprint density at radius 1 is 1.78 bits per heavy atom. The topological polar surface area (TPSA) is 12.4 Å². The third-order valence-corrected chi connectivity index (χ3v) is 2.09. The molecular formula is C7H11NS. The van der Waals surface area contributed by atoms with E-state index in [1.807, 2.05) is 6.21 Å². The first-order valence-corrected chi connectivity index (χ1v) is 4.39. The summed E-state index contributed by atoms with van der Waals surface area (Å²) < 4.78 is 0. The van der Waals surface area contributed by atoms with Crippen LogP contribution in [0.4, 0.5) is 0 Å². The molecule has 0 spiro atoms. The maximum absolute atomic E-state index is 4.21. The van der Waals surface area contributed by atoms with Crippen molar-refractivity contribution in [3.05, 3.63) is 11.1 Å². The van der Waals surface area contributed by atoms with E-state index in [1.165, 1.54) is 11.4 Å². The fourth-order valence-electron chi connectivity index (χ4n) is 0.782. The molecule has 0 fully saturated rings. The molecule has 1 aliphatic rings. The third-order valence-electron chi connectivity index (χ3n) is 1.43. The maximum Gasteiger partial charge on any atom is 0.0920 e. The molecule has 1 rings (SSSR count). The van der Waals surface area contributed by atoms with Gasteiger partial charge in [-0.2, -0.15) is 0 Å². The highest BCUT2D eigenvalue weighted by Gasteiger charge is 2.06. The maximum atomic E-state index is 4.21. The Labute approximate surface area is 60.3 Å². The van der Waals surface area contributed by atoms with Crippen LogP contribution in [0.2, 0.25) is 0 Å². The number of thioether (sulfide) groups is 1. The Balaban J connectivity index is 2.52. The molecule has 1 heterocycles. The highest BCUT2D eigenvalue weighted by Crippen LogP contribution is 2.21. The highest BCUT2D eigenvalue weighted by atomic mass is 32.2. The van der Waals surface area contributed by atoms with Crippen molar-refractivity contribution in [1.82, 2.24) is 0 Å². The fourth-order valence-corrected chi connectivity index (χ4v) is 1.26. The zero-order valence-corrected chi connectivity index (χ0v) is 6.61. The third kappa shape index (κ3) is 1.58. The molecule has 0 N–H and O–H groups in total. The van der Waals surface area contributed by atoms with Crippen LogP contribution in [0.15, 0.2) is 16.1 Å². The summed E-state index contributed by atoms with van der Waals surface area (Å²) in [5.41, 5.74) is 0. The van der Waals surface area contributed by atoms with E-state index in [0.29, 0.717) is 5.92 Å². The van der Waals surface area contributed by atoms with Gasteiger partial charge in [0.2, 0.25) is 0 Å². The van der Waals surface area contributed by atoms with Gasteiger partial charge in [-0.3, -0.25) is 4.99 Å². The largest absolute Gasteiger partial charge is 0.254 e. The van der Waals surface area contributed by atoms with Crippen LogP contribution in [-0.4, -0.2) is 12.5 Å². The molecule has 0 saturated heterocycles. The van der Waals surface area contributed by atoms with Crippen LogP contribution in [0.3, 0.4) is 0 Å². The molecule has 0 bridgehead atoms. The number of allylic oxidation sites excluding steroid dienone is 1. The van der Waals surface area contributed by atoms with Crippen molar-refractivity contribution in [1.29, 1.82) is 0 Å². The summed E-state index contributed by atoms with van der Waals surface area (Å²) in [4.78, 5) is 4.21. The molecule has 0 amide bonds. The van der Waals surface area contributed by atoms with Gasteiger partial charge in [0.05, 0.1) is 5.03 Å². The Hall–Kier alpha value is -0.240. The summed E-state index contributed by atoms with van der Waals surface area (Å²) in [6.45, 7) is 2.18. The average molecular weight is 141 g/mol. The van der Waals surface area contributed by atoms with Gasteiger partial charge in [-0.15, -0.1) is 11.8 Å². The van der Waals surface area contributed by atoms with Crippen LogP contribution >= 0.6 is 11.8 Å². The molecule has 0 aromatic heterocycles. The second kappa shape index (κ2) is 3.06. The molecule has 50 valence electrons. The van der Waals surface area contributed by atoms with E-state index in [4.69, 9.17) is 0 Å². The van der Waals surface area contributed by atoms with E-state index < -0.39 is 0 Å². The minimum absolute atomic E-state index is 0.604. The van der Waals surface area contributed by atoms with Gasteiger partial charge in [-0.25, -0.2) is 0 Å². The lowest BCUT2D eigenvalue weighted by molar-refractivity contribution is 0.842. The lowest BCUT2D eigenvalue weighted by atomic mass is 10.1. The van der Waals surface area contributed by atoms with Crippen molar-refractivity contribution in [2.75, 3.05) is 6.26 Å². The summed E-state index contributed by atoms with van der Waals surface area (Å²) in [5, 5.41) is 1.17. The Morgan fingerprint density at radius 2 is 2.56 bits per heavy atom. The summed E-state index contributed by atoms with van der Waals surface area (Å²) in [6, 6.07) is 0. The Morgan fingerprint density at radius 3 is 2.89 bits per heavy atom. The van der Waals surface area contributed by atoms with Crippen molar-refractivity contribution in [2.45, 2.75) is 13.3 Å². The summed E-state index contributed by atoms with van der Waals surface area (Å²) in [7, 11) is 0. The van der Waals surface area contributed by atoms with E-state index in [0.717, 1.165) is 0 Å².